The van der Waals surface area contributed by atoms with E-state index in [0.29, 0.717) is 0 Å². The van der Waals surface area contributed by atoms with E-state index in [9.17, 15) is 10.1 Å². The van der Waals surface area contributed by atoms with Gasteiger partial charge in [0.15, 0.2) is 0 Å². The molecular weight excluding hydrogens is 218 g/mol. The summed E-state index contributed by atoms with van der Waals surface area (Å²) in [5.74, 6) is 0. The van der Waals surface area contributed by atoms with Gasteiger partial charge in [0.2, 0.25) is 0 Å². The lowest BCUT2D eigenvalue weighted by molar-refractivity contribution is -0.384. The first kappa shape index (κ1) is 11.4. The lowest BCUT2D eigenvalue weighted by Gasteiger charge is -2.20. The Balaban J connectivity index is 2.05. The molecule has 0 radical (unpaired) electrons. The van der Waals surface area contributed by atoms with Gasteiger partial charge in [-0.2, -0.15) is 0 Å². The molecule has 0 atom stereocenters. The van der Waals surface area contributed by atoms with Crippen molar-refractivity contribution in [1.29, 1.82) is 0 Å². The van der Waals surface area contributed by atoms with E-state index in [1.807, 2.05) is 12.4 Å². The zero-order valence-corrected chi connectivity index (χ0v) is 9.74. The minimum absolute atomic E-state index is 0.127. The molecule has 1 aliphatic rings. The van der Waals surface area contributed by atoms with Gasteiger partial charge in [-0.3, -0.25) is 10.1 Å². The Bertz CT molecular complexity index is 428. The predicted molar refractivity (Wildman–Crippen MR) is 66.6 cm³/mol. The third-order valence-electron chi connectivity index (χ3n) is 2.69. The molecule has 1 aromatic rings. The Kier molecular flexibility index (Phi) is 3.27. The zero-order chi connectivity index (χ0) is 12.3. The van der Waals surface area contributed by atoms with Crippen LogP contribution in [0.5, 0.6) is 0 Å². The molecule has 0 bridgehead atoms. The number of rotatable bonds is 4. The van der Waals surface area contributed by atoms with Crippen LogP contribution in [0.4, 0.5) is 11.4 Å². The Morgan fingerprint density at radius 3 is 2.59 bits per heavy atom. The smallest absolute Gasteiger partial charge is 0.269 e. The number of hydrogen-bond acceptors (Lipinski definition) is 4. The molecule has 0 fully saturated rings. The van der Waals surface area contributed by atoms with E-state index < -0.39 is 0 Å². The predicted octanol–water partition coefficient (Wildman–Crippen LogP) is 2.56. The van der Waals surface area contributed by atoms with Gasteiger partial charge < -0.3 is 9.80 Å². The molecule has 90 valence electrons. The fourth-order valence-corrected chi connectivity index (χ4v) is 1.83. The molecular formula is C12H15N3O2. The lowest BCUT2D eigenvalue weighted by atomic mass is 10.3. The monoisotopic (exact) mass is 233 g/mol. The van der Waals surface area contributed by atoms with Crippen LogP contribution in [-0.4, -0.2) is 23.0 Å². The number of nitro groups is 1. The van der Waals surface area contributed by atoms with Crippen LogP contribution in [0.15, 0.2) is 36.7 Å². The van der Waals surface area contributed by atoms with E-state index in [1.165, 1.54) is 12.1 Å². The van der Waals surface area contributed by atoms with Crippen molar-refractivity contribution in [3.63, 3.8) is 0 Å². The van der Waals surface area contributed by atoms with Crippen molar-refractivity contribution >= 4 is 11.4 Å². The van der Waals surface area contributed by atoms with Gasteiger partial charge in [-0.05, 0) is 18.6 Å². The van der Waals surface area contributed by atoms with Crippen molar-refractivity contribution < 1.29 is 4.92 Å². The minimum Gasteiger partial charge on any atom is -0.358 e. The molecule has 0 aromatic heterocycles. The summed E-state index contributed by atoms with van der Waals surface area (Å²) in [7, 11) is 0. The summed E-state index contributed by atoms with van der Waals surface area (Å²) >= 11 is 0. The van der Waals surface area contributed by atoms with Crippen LogP contribution in [0.25, 0.3) is 0 Å². The standard InChI is InChI=1S/C12H15N3O2/c1-2-7-13-8-9-14(10-13)11-3-5-12(6-4-11)15(16)17/h3-6,8-9H,2,7,10H2,1H3. The number of nitrogens with zero attached hydrogens (tertiary/aromatic N) is 3. The summed E-state index contributed by atoms with van der Waals surface area (Å²) < 4.78 is 0. The van der Waals surface area contributed by atoms with Gasteiger partial charge in [-0.1, -0.05) is 6.92 Å². The molecule has 1 aromatic carbocycles. The summed E-state index contributed by atoms with van der Waals surface area (Å²) in [6.07, 6.45) is 5.15. The maximum Gasteiger partial charge on any atom is 0.269 e. The third-order valence-corrected chi connectivity index (χ3v) is 2.69. The molecule has 0 saturated heterocycles. The maximum absolute atomic E-state index is 10.5. The van der Waals surface area contributed by atoms with E-state index in [0.717, 1.165) is 25.3 Å². The Labute approximate surface area is 100 Å². The van der Waals surface area contributed by atoms with E-state index in [2.05, 4.69) is 16.7 Å². The van der Waals surface area contributed by atoms with Crippen LogP contribution in [-0.2, 0) is 0 Å². The molecule has 5 heteroatoms. The zero-order valence-electron chi connectivity index (χ0n) is 9.74. The average molecular weight is 233 g/mol. The van der Waals surface area contributed by atoms with Gasteiger partial charge >= 0.3 is 0 Å². The van der Waals surface area contributed by atoms with Gasteiger partial charge in [0.25, 0.3) is 5.69 Å². The highest BCUT2D eigenvalue weighted by atomic mass is 16.6. The van der Waals surface area contributed by atoms with Gasteiger partial charge in [0.1, 0.15) is 0 Å². The fourth-order valence-electron chi connectivity index (χ4n) is 1.83. The number of nitro benzene ring substituents is 1. The average Bonchev–Trinajstić information content (AvgIpc) is 2.78. The quantitative estimate of drug-likeness (QED) is 0.592. The van der Waals surface area contributed by atoms with E-state index in [1.54, 1.807) is 12.1 Å². The molecule has 2 rings (SSSR count). The highest BCUT2D eigenvalue weighted by Gasteiger charge is 2.13. The molecule has 0 aliphatic carbocycles. The molecule has 0 amide bonds. The summed E-state index contributed by atoms with van der Waals surface area (Å²) in [5, 5.41) is 10.5. The summed E-state index contributed by atoms with van der Waals surface area (Å²) in [5.41, 5.74) is 1.10. The maximum atomic E-state index is 10.5. The fraction of sp³-hybridized carbons (Fsp3) is 0.333. The molecule has 17 heavy (non-hydrogen) atoms. The van der Waals surface area contributed by atoms with Gasteiger partial charge in [0, 0.05) is 36.8 Å². The van der Waals surface area contributed by atoms with Crippen molar-refractivity contribution in [3.05, 3.63) is 46.8 Å². The molecule has 0 N–H and O–H groups in total. The van der Waals surface area contributed by atoms with E-state index in [-0.39, 0.29) is 10.6 Å². The van der Waals surface area contributed by atoms with Gasteiger partial charge in [-0.15, -0.1) is 0 Å². The van der Waals surface area contributed by atoms with Crippen LogP contribution in [0.3, 0.4) is 0 Å². The van der Waals surface area contributed by atoms with Crippen LogP contribution < -0.4 is 4.90 Å². The summed E-state index contributed by atoms with van der Waals surface area (Å²) in [6.45, 7) is 3.98. The first-order chi connectivity index (χ1) is 8.20. The number of benzene rings is 1. The highest BCUT2D eigenvalue weighted by molar-refractivity contribution is 5.53. The summed E-state index contributed by atoms with van der Waals surface area (Å²) in [6, 6.07) is 6.62. The third kappa shape index (κ3) is 2.55. The molecule has 0 saturated carbocycles. The molecule has 1 heterocycles. The van der Waals surface area contributed by atoms with Crippen LogP contribution in [0.1, 0.15) is 13.3 Å². The molecule has 5 nitrogen and oxygen atoms in total. The second-order valence-electron chi connectivity index (χ2n) is 4.00. The van der Waals surface area contributed by atoms with Gasteiger partial charge in [-0.25, -0.2) is 0 Å². The minimum atomic E-state index is -0.382. The van der Waals surface area contributed by atoms with Crippen molar-refractivity contribution in [2.75, 3.05) is 18.1 Å². The van der Waals surface area contributed by atoms with E-state index in [4.69, 9.17) is 0 Å². The molecule has 1 aliphatic heterocycles. The SMILES string of the molecule is CCCN1C=CN(c2ccc([N+](=O)[O-])cc2)C1. The van der Waals surface area contributed by atoms with Crippen LogP contribution in [0, 0.1) is 10.1 Å². The molecule has 0 spiro atoms. The van der Waals surface area contributed by atoms with Crippen molar-refractivity contribution in [2.24, 2.45) is 0 Å². The second kappa shape index (κ2) is 4.86. The number of hydrogen-bond donors (Lipinski definition) is 0. The summed E-state index contributed by atoms with van der Waals surface area (Å²) in [4.78, 5) is 14.4. The van der Waals surface area contributed by atoms with Crippen LogP contribution >= 0.6 is 0 Å². The highest BCUT2D eigenvalue weighted by Crippen LogP contribution is 2.22. The normalized spacial score (nSPS) is 14.4. The van der Waals surface area contributed by atoms with Crippen molar-refractivity contribution in [1.82, 2.24) is 4.90 Å². The molecule has 0 unspecified atom stereocenters. The first-order valence-corrected chi connectivity index (χ1v) is 5.64. The van der Waals surface area contributed by atoms with E-state index >= 15 is 0 Å². The van der Waals surface area contributed by atoms with Crippen molar-refractivity contribution in [3.8, 4) is 0 Å². The lowest BCUT2D eigenvalue weighted by Crippen LogP contribution is -2.25. The Morgan fingerprint density at radius 1 is 1.29 bits per heavy atom. The number of non-ortho nitro benzene ring substituents is 1. The topological polar surface area (TPSA) is 49.6 Å². The number of anilines is 1. The second-order valence-corrected chi connectivity index (χ2v) is 4.00. The largest absolute Gasteiger partial charge is 0.358 e. The van der Waals surface area contributed by atoms with Gasteiger partial charge in [0.05, 0.1) is 11.6 Å². The first-order valence-electron chi connectivity index (χ1n) is 5.64. The van der Waals surface area contributed by atoms with Crippen LogP contribution in [0.2, 0.25) is 0 Å². The van der Waals surface area contributed by atoms with Crippen molar-refractivity contribution in [2.45, 2.75) is 13.3 Å². The Hall–Kier alpha value is -2.04. The Morgan fingerprint density at radius 2 is 2.00 bits per heavy atom.